The second-order valence-corrected chi connectivity index (χ2v) is 6.17. The first-order chi connectivity index (χ1) is 7.19. The summed E-state index contributed by atoms with van der Waals surface area (Å²) in [5.74, 6) is 0. The van der Waals surface area contributed by atoms with Crippen LogP contribution in [-0.2, 0) is 4.74 Å². The third-order valence-electron chi connectivity index (χ3n) is 2.75. The van der Waals surface area contributed by atoms with E-state index in [0.29, 0.717) is 12.0 Å². The number of rotatable bonds is 7. The highest BCUT2D eigenvalue weighted by molar-refractivity contribution is 5.07. The highest BCUT2D eigenvalue weighted by Gasteiger charge is 2.23. The molecule has 0 bridgehead atoms. The summed E-state index contributed by atoms with van der Waals surface area (Å²) in [5, 5.41) is 0. The monoisotopic (exact) mass is 231 g/mol. The van der Waals surface area contributed by atoms with Crippen molar-refractivity contribution < 1.29 is 9.22 Å². The van der Waals surface area contributed by atoms with Crippen LogP contribution in [0, 0.1) is 10.8 Å². The van der Waals surface area contributed by atoms with E-state index in [9.17, 15) is 4.48 Å². The number of halogens is 1. The summed E-state index contributed by atoms with van der Waals surface area (Å²) in [4.78, 5) is 0. The van der Waals surface area contributed by atoms with Gasteiger partial charge in [-0.25, -0.2) is 0 Å². The van der Waals surface area contributed by atoms with Gasteiger partial charge in [0.25, 0.3) is 0 Å². The summed E-state index contributed by atoms with van der Waals surface area (Å²) >= 11 is 0. The van der Waals surface area contributed by atoms with Crippen LogP contribution in [0.15, 0.2) is 12.2 Å². The molecule has 0 unspecified atom stereocenters. The fourth-order valence-corrected chi connectivity index (χ4v) is 1.31. The van der Waals surface area contributed by atoms with E-state index in [4.69, 9.17) is 4.74 Å². The molecule has 0 radical (unpaired) electrons. The molecule has 0 fully saturated rings. The Bertz CT molecular complexity index is 218. The van der Waals surface area contributed by atoms with E-state index in [1.54, 1.807) is 0 Å². The van der Waals surface area contributed by atoms with Gasteiger partial charge in [0.1, 0.15) is 6.73 Å². The summed E-state index contributed by atoms with van der Waals surface area (Å²) in [6.45, 7) is 15.4. The van der Waals surface area contributed by atoms with Crippen LogP contribution < -0.4 is 5.54 Å². The number of ether oxygens (including phenoxy) is 1. The lowest BCUT2D eigenvalue weighted by Crippen LogP contribution is -2.24. The molecule has 0 saturated carbocycles. The normalized spacial score (nSPS) is 12.9. The summed E-state index contributed by atoms with van der Waals surface area (Å²) in [6.07, 6.45) is 2.10. The van der Waals surface area contributed by atoms with Gasteiger partial charge in [-0.05, 0) is 18.3 Å². The predicted octanol–water partition coefficient (Wildman–Crippen LogP) is 3.84. The smallest absolute Gasteiger partial charge is 0.124 e. The first-order valence-electron chi connectivity index (χ1n) is 5.78. The van der Waals surface area contributed by atoms with Crippen molar-refractivity contribution in [2.75, 3.05) is 13.3 Å². The molecular weight excluding hydrogens is 205 g/mol. The summed E-state index contributed by atoms with van der Waals surface area (Å²) in [7, 11) is 0. The molecule has 0 aliphatic carbocycles. The van der Waals surface area contributed by atoms with Gasteiger partial charge in [0.2, 0.25) is 0 Å². The minimum absolute atomic E-state index is 0.0595. The third-order valence-corrected chi connectivity index (χ3v) is 2.75. The molecule has 96 valence electrons. The zero-order chi connectivity index (χ0) is 12.8. The van der Waals surface area contributed by atoms with Crippen molar-refractivity contribution in [2.24, 2.45) is 10.8 Å². The molecule has 0 aliphatic heterocycles. The molecule has 1 N–H and O–H groups in total. The molecule has 0 rings (SSSR count). The van der Waals surface area contributed by atoms with Crippen LogP contribution >= 0.6 is 0 Å². The molecule has 16 heavy (non-hydrogen) atoms. The van der Waals surface area contributed by atoms with Crippen molar-refractivity contribution in [3.63, 3.8) is 0 Å². The molecular formula is C13H26FNO. The van der Waals surface area contributed by atoms with Crippen LogP contribution in [0.1, 0.15) is 47.5 Å². The Kier molecular flexibility index (Phi) is 6.19. The minimum Gasteiger partial charge on any atom is -0.363 e. The topological polar surface area (TPSA) is 21.3 Å². The Labute approximate surface area is 99.2 Å². The van der Waals surface area contributed by atoms with E-state index in [1.807, 2.05) is 0 Å². The van der Waals surface area contributed by atoms with Crippen molar-refractivity contribution in [1.82, 2.24) is 5.54 Å². The molecule has 0 aromatic carbocycles. The molecule has 0 atom stereocenters. The SMILES string of the molecule is C=C(CCC(C)(C)C)C(C)(C)COCNF. The minimum atomic E-state index is -0.0951. The van der Waals surface area contributed by atoms with Gasteiger partial charge in [0.15, 0.2) is 0 Å². The molecule has 0 aromatic heterocycles. The van der Waals surface area contributed by atoms with Gasteiger partial charge in [-0.2, -0.15) is 0 Å². The molecule has 0 spiro atoms. The average Bonchev–Trinajstić information content (AvgIpc) is 2.13. The predicted molar refractivity (Wildman–Crippen MR) is 66.7 cm³/mol. The van der Waals surface area contributed by atoms with Crippen LogP contribution in [0.3, 0.4) is 0 Å². The Morgan fingerprint density at radius 1 is 1.25 bits per heavy atom. The molecule has 2 nitrogen and oxygen atoms in total. The van der Waals surface area contributed by atoms with Gasteiger partial charge >= 0.3 is 0 Å². The zero-order valence-electron chi connectivity index (χ0n) is 11.3. The Balaban J connectivity index is 4.04. The van der Waals surface area contributed by atoms with E-state index in [2.05, 4.69) is 41.2 Å². The van der Waals surface area contributed by atoms with E-state index in [0.717, 1.165) is 12.8 Å². The van der Waals surface area contributed by atoms with Gasteiger partial charge in [-0.15, -0.1) is 10.0 Å². The first kappa shape index (κ1) is 15.6. The van der Waals surface area contributed by atoms with Crippen LogP contribution in [-0.4, -0.2) is 13.3 Å². The number of hydrogen-bond acceptors (Lipinski definition) is 2. The van der Waals surface area contributed by atoms with Gasteiger partial charge in [0, 0.05) is 5.41 Å². The van der Waals surface area contributed by atoms with E-state index in [-0.39, 0.29) is 12.1 Å². The van der Waals surface area contributed by atoms with Crippen LogP contribution in [0.5, 0.6) is 0 Å². The van der Waals surface area contributed by atoms with Crippen molar-refractivity contribution >= 4 is 0 Å². The number of hydrogen-bond donors (Lipinski definition) is 1. The van der Waals surface area contributed by atoms with E-state index in [1.165, 1.54) is 11.1 Å². The van der Waals surface area contributed by atoms with Crippen molar-refractivity contribution in [1.29, 1.82) is 0 Å². The maximum atomic E-state index is 11.7. The Morgan fingerprint density at radius 2 is 1.81 bits per heavy atom. The van der Waals surface area contributed by atoms with Crippen LogP contribution in [0.4, 0.5) is 4.48 Å². The van der Waals surface area contributed by atoms with E-state index >= 15 is 0 Å². The molecule has 3 heteroatoms. The zero-order valence-corrected chi connectivity index (χ0v) is 11.3. The standard InChI is InChI=1S/C13H26FNO/c1-11(7-8-12(2,3)4)13(5,6)9-16-10-15-14/h15H,1,7-10H2,2-6H3. The van der Waals surface area contributed by atoms with Crippen LogP contribution in [0.2, 0.25) is 0 Å². The highest BCUT2D eigenvalue weighted by atomic mass is 19.2. The lowest BCUT2D eigenvalue weighted by molar-refractivity contribution is 0.0337. The number of nitrogens with one attached hydrogen (secondary N) is 1. The maximum Gasteiger partial charge on any atom is 0.124 e. The van der Waals surface area contributed by atoms with Gasteiger partial charge in [-0.3, -0.25) is 0 Å². The molecule has 0 aliphatic rings. The van der Waals surface area contributed by atoms with Gasteiger partial charge in [0.05, 0.1) is 6.61 Å². The fourth-order valence-electron chi connectivity index (χ4n) is 1.31. The van der Waals surface area contributed by atoms with Gasteiger partial charge in [-0.1, -0.05) is 46.8 Å². The Morgan fingerprint density at radius 3 is 2.25 bits per heavy atom. The molecule has 0 heterocycles. The largest absolute Gasteiger partial charge is 0.363 e. The average molecular weight is 231 g/mol. The molecule has 0 saturated heterocycles. The van der Waals surface area contributed by atoms with Crippen molar-refractivity contribution in [2.45, 2.75) is 47.5 Å². The quantitative estimate of drug-likeness (QED) is 0.311. The summed E-state index contributed by atoms with van der Waals surface area (Å²) in [6, 6.07) is 0. The first-order valence-corrected chi connectivity index (χ1v) is 5.78. The third kappa shape index (κ3) is 6.96. The van der Waals surface area contributed by atoms with E-state index < -0.39 is 0 Å². The Hall–Kier alpha value is -0.410. The second kappa shape index (κ2) is 6.36. The van der Waals surface area contributed by atoms with Crippen LogP contribution in [0.25, 0.3) is 0 Å². The maximum absolute atomic E-state index is 11.7. The van der Waals surface area contributed by atoms with Gasteiger partial charge < -0.3 is 4.74 Å². The lowest BCUT2D eigenvalue weighted by Gasteiger charge is -2.29. The van der Waals surface area contributed by atoms with Crippen molar-refractivity contribution in [3.05, 3.63) is 12.2 Å². The highest BCUT2D eigenvalue weighted by Crippen LogP contribution is 2.32. The second-order valence-electron chi connectivity index (χ2n) is 6.17. The van der Waals surface area contributed by atoms with Crippen molar-refractivity contribution in [3.8, 4) is 0 Å². The molecule has 0 aromatic rings. The fraction of sp³-hybridized carbons (Fsp3) is 0.846. The molecule has 0 amide bonds. The lowest BCUT2D eigenvalue weighted by atomic mass is 9.79. The summed E-state index contributed by atoms with van der Waals surface area (Å²) < 4.78 is 16.8. The summed E-state index contributed by atoms with van der Waals surface area (Å²) in [5.41, 5.74) is 2.88.